The molecule has 0 aliphatic carbocycles. The van der Waals surface area contributed by atoms with Gasteiger partial charge in [-0.3, -0.25) is 10.1 Å². The Morgan fingerprint density at radius 1 is 1.19 bits per heavy atom. The van der Waals surface area contributed by atoms with Gasteiger partial charge in [0, 0.05) is 20.7 Å². The highest BCUT2D eigenvalue weighted by molar-refractivity contribution is 9.10. The maximum atomic E-state index is 12.0. The highest BCUT2D eigenvalue weighted by Gasteiger charge is 2.09. The lowest BCUT2D eigenvalue weighted by atomic mass is 10.2. The summed E-state index contributed by atoms with van der Waals surface area (Å²) in [5.41, 5.74) is 2.17. The average Bonchev–Trinajstić information content (AvgIpc) is 2.44. The highest BCUT2D eigenvalue weighted by Crippen LogP contribution is 2.22. The third kappa shape index (κ3) is 4.27. The quantitative estimate of drug-likeness (QED) is 0.748. The lowest BCUT2D eigenvalue weighted by molar-refractivity contribution is 0.0977. The third-order valence-corrected chi connectivity index (χ3v) is 3.99. The van der Waals surface area contributed by atoms with Crippen molar-refractivity contribution in [2.45, 2.75) is 6.92 Å². The van der Waals surface area contributed by atoms with Crippen LogP contribution in [0.25, 0.3) is 0 Å². The summed E-state index contributed by atoms with van der Waals surface area (Å²) in [4.78, 5) is 12.0. The number of benzene rings is 2. The molecular formula is C15H12BrClN2OS. The predicted octanol–water partition coefficient (Wildman–Crippen LogP) is 4.54. The van der Waals surface area contributed by atoms with Gasteiger partial charge in [-0.2, -0.15) is 0 Å². The fourth-order valence-electron chi connectivity index (χ4n) is 1.67. The van der Waals surface area contributed by atoms with Crippen molar-refractivity contribution in [3.8, 4) is 0 Å². The first kappa shape index (κ1) is 15.9. The molecule has 0 saturated heterocycles. The molecular weight excluding hydrogens is 372 g/mol. The van der Waals surface area contributed by atoms with Crippen LogP contribution in [0.5, 0.6) is 0 Å². The number of thiocarbonyl (C=S) groups is 1. The van der Waals surface area contributed by atoms with Crippen molar-refractivity contribution in [1.29, 1.82) is 0 Å². The molecule has 0 heterocycles. The van der Waals surface area contributed by atoms with E-state index in [1.165, 1.54) is 0 Å². The number of hydrogen-bond acceptors (Lipinski definition) is 2. The van der Waals surface area contributed by atoms with E-state index in [0.29, 0.717) is 10.6 Å². The van der Waals surface area contributed by atoms with Gasteiger partial charge in [-0.15, -0.1) is 0 Å². The first-order valence-electron chi connectivity index (χ1n) is 6.10. The van der Waals surface area contributed by atoms with E-state index in [-0.39, 0.29) is 11.0 Å². The molecule has 0 radical (unpaired) electrons. The van der Waals surface area contributed by atoms with Crippen LogP contribution in [0.15, 0.2) is 46.9 Å². The maximum Gasteiger partial charge on any atom is 0.257 e. The van der Waals surface area contributed by atoms with Crippen LogP contribution < -0.4 is 10.6 Å². The molecule has 0 spiro atoms. The first-order chi connectivity index (χ1) is 9.97. The van der Waals surface area contributed by atoms with Crippen LogP contribution in [0, 0.1) is 6.92 Å². The molecule has 0 aliphatic rings. The van der Waals surface area contributed by atoms with Crippen LogP contribution in [0.1, 0.15) is 15.9 Å². The van der Waals surface area contributed by atoms with Gasteiger partial charge in [-0.05, 0) is 61.1 Å². The Morgan fingerprint density at radius 2 is 1.86 bits per heavy atom. The van der Waals surface area contributed by atoms with Crippen LogP contribution in [0.3, 0.4) is 0 Å². The second-order valence-electron chi connectivity index (χ2n) is 4.33. The number of carbonyl (C=O) groups is 1. The summed E-state index contributed by atoms with van der Waals surface area (Å²) >= 11 is 14.5. The monoisotopic (exact) mass is 382 g/mol. The van der Waals surface area contributed by atoms with Gasteiger partial charge in [0.15, 0.2) is 5.11 Å². The van der Waals surface area contributed by atoms with Crippen LogP contribution in [-0.2, 0) is 0 Å². The minimum atomic E-state index is -0.264. The van der Waals surface area contributed by atoms with Gasteiger partial charge in [-0.25, -0.2) is 0 Å². The van der Waals surface area contributed by atoms with Crippen molar-refractivity contribution in [3.63, 3.8) is 0 Å². The highest BCUT2D eigenvalue weighted by atomic mass is 79.9. The largest absolute Gasteiger partial charge is 0.332 e. The molecule has 2 aromatic rings. The Morgan fingerprint density at radius 3 is 2.52 bits per heavy atom. The molecule has 3 nitrogen and oxygen atoms in total. The Balaban J connectivity index is 2.03. The molecule has 6 heteroatoms. The van der Waals surface area contributed by atoms with Gasteiger partial charge < -0.3 is 5.32 Å². The molecule has 2 aromatic carbocycles. The minimum absolute atomic E-state index is 0.230. The molecule has 0 aliphatic heterocycles. The summed E-state index contributed by atoms with van der Waals surface area (Å²) in [5.74, 6) is -0.264. The molecule has 21 heavy (non-hydrogen) atoms. The second-order valence-corrected chi connectivity index (χ2v) is 6.06. The van der Waals surface area contributed by atoms with Crippen LogP contribution in [0.4, 0.5) is 5.69 Å². The van der Waals surface area contributed by atoms with Crippen molar-refractivity contribution in [1.82, 2.24) is 5.32 Å². The van der Waals surface area contributed by atoms with E-state index in [4.69, 9.17) is 23.8 Å². The zero-order valence-electron chi connectivity index (χ0n) is 11.1. The second kappa shape index (κ2) is 7.02. The molecule has 2 rings (SSSR count). The van der Waals surface area contributed by atoms with Crippen molar-refractivity contribution in [2.75, 3.05) is 5.32 Å². The van der Waals surface area contributed by atoms with Crippen LogP contribution in [-0.4, -0.2) is 11.0 Å². The summed E-state index contributed by atoms with van der Waals surface area (Å²) in [6.07, 6.45) is 0. The average molecular weight is 384 g/mol. The number of carbonyl (C=O) groups excluding carboxylic acids is 1. The van der Waals surface area contributed by atoms with Crippen molar-refractivity contribution >= 4 is 56.5 Å². The molecule has 0 atom stereocenters. The van der Waals surface area contributed by atoms with E-state index in [1.807, 2.05) is 19.1 Å². The summed E-state index contributed by atoms with van der Waals surface area (Å²) in [5, 5.41) is 6.47. The lowest BCUT2D eigenvalue weighted by Gasteiger charge is -2.12. The molecule has 2 N–H and O–H groups in total. The Bertz CT molecular complexity index is 689. The number of hydrogen-bond donors (Lipinski definition) is 2. The van der Waals surface area contributed by atoms with E-state index in [2.05, 4.69) is 26.6 Å². The molecule has 0 unspecified atom stereocenters. The topological polar surface area (TPSA) is 41.1 Å². The molecule has 0 aromatic heterocycles. The predicted molar refractivity (Wildman–Crippen MR) is 94.0 cm³/mol. The lowest BCUT2D eigenvalue weighted by Crippen LogP contribution is -2.34. The van der Waals surface area contributed by atoms with E-state index in [1.54, 1.807) is 30.3 Å². The fraction of sp³-hybridized carbons (Fsp3) is 0.0667. The summed E-state index contributed by atoms with van der Waals surface area (Å²) in [7, 11) is 0. The number of anilines is 1. The maximum absolute atomic E-state index is 12.0. The van der Waals surface area contributed by atoms with Crippen LogP contribution >= 0.6 is 39.7 Å². The minimum Gasteiger partial charge on any atom is -0.332 e. The third-order valence-electron chi connectivity index (χ3n) is 2.85. The number of rotatable bonds is 2. The Labute approximate surface area is 141 Å². The molecule has 0 fully saturated rings. The van der Waals surface area contributed by atoms with Gasteiger partial charge >= 0.3 is 0 Å². The smallest absolute Gasteiger partial charge is 0.257 e. The summed E-state index contributed by atoms with van der Waals surface area (Å²) in [6.45, 7) is 1.88. The zero-order chi connectivity index (χ0) is 15.4. The van der Waals surface area contributed by atoms with E-state index >= 15 is 0 Å². The Kier molecular flexibility index (Phi) is 5.33. The number of amides is 1. The number of nitrogens with one attached hydrogen (secondary N) is 2. The standard InChI is InChI=1S/C15H12BrClN2OS/c1-9-12(17)3-2-4-13(9)18-15(21)19-14(20)10-5-7-11(16)8-6-10/h2-8H,1H3,(H2,18,19,20,21). The SMILES string of the molecule is Cc1c(Cl)cccc1NC(=S)NC(=O)c1ccc(Br)cc1. The Hall–Kier alpha value is -1.43. The fourth-order valence-corrected chi connectivity index (χ4v) is 2.31. The normalized spacial score (nSPS) is 10.0. The molecule has 0 saturated carbocycles. The van der Waals surface area contributed by atoms with Gasteiger partial charge in [0.05, 0.1) is 0 Å². The summed E-state index contributed by atoms with van der Waals surface area (Å²) in [6, 6.07) is 12.5. The van der Waals surface area contributed by atoms with Gasteiger partial charge in [-0.1, -0.05) is 33.6 Å². The first-order valence-corrected chi connectivity index (χ1v) is 7.68. The van der Waals surface area contributed by atoms with Crippen molar-refractivity contribution in [2.24, 2.45) is 0 Å². The molecule has 108 valence electrons. The van der Waals surface area contributed by atoms with E-state index in [0.717, 1.165) is 15.7 Å². The summed E-state index contributed by atoms with van der Waals surface area (Å²) < 4.78 is 0.911. The molecule has 1 amide bonds. The van der Waals surface area contributed by atoms with Gasteiger partial charge in [0.2, 0.25) is 0 Å². The molecule has 0 bridgehead atoms. The van der Waals surface area contributed by atoms with E-state index < -0.39 is 0 Å². The van der Waals surface area contributed by atoms with Crippen molar-refractivity contribution in [3.05, 3.63) is 63.1 Å². The van der Waals surface area contributed by atoms with E-state index in [9.17, 15) is 4.79 Å². The number of halogens is 2. The zero-order valence-corrected chi connectivity index (χ0v) is 14.3. The van der Waals surface area contributed by atoms with Crippen LogP contribution in [0.2, 0.25) is 5.02 Å². The van der Waals surface area contributed by atoms with Gasteiger partial charge in [0.25, 0.3) is 5.91 Å². The van der Waals surface area contributed by atoms with Gasteiger partial charge in [0.1, 0.15) is 0 Å². The van der Waals surface area contributed by atoms with Crippen molar-refractivity contribution < 1.29 is 4.79 Å².